The second kappa shape index (κ2) is 4.30. The van der Waals surface area contributed by atoms with Gasteiger partial charge in [0.1, 0.15) is 5.82 Å². The Balaban J connectivity index is 2.19. The van der Waals surface area contributed by atoms with E-state index in [9.17, 15) is 0 Å². The van der Waals surface area contributed by atoms with Gasteiger partial charge in [-0.2, -0.15) is 0 Å². The van der Waals surface area contributed by atoms with Crippen LogP contribution in [0.25, 0.3) is 22.4 Å². The molecular formula is C14H10Cl2N2. The van der Waals surface area contributed by atoms with E-state index in [1.807, 2.05) is 43.3 Å². The van der Waals surface area contributed by atoms with Crippen LogP contribution in [-0.2, 0) is 0 Å². The first-order valence-corrected chi connectivity index (χ1v) is 6.31. The number of aryl methyl sites for hydroxylation is 1. The SMILES string of the molecule is Cc1cc(Cl)cc2[nH]c(-c3ccc(Cl)cc3)nc12. The third kappa shape index (κ3) is 1.98. The summed E-state index contributed by atoms with van der Waals surface area (Å²) in [5, 5.41) is 1.43. The highest BCUT2D eigenvalue weighted by molar-refractivity contribution is 6.31. The Bertz CT molecular complexity index is 714. The number of halogens is 2. The Morgan fingerprint density at radius 1 is 1.00 bits per heavy atom. The summed E-state index contributed by atoms with van der Waals surface area (Å²) in [4.78, 5) is 7.87. The predicted octanol–water partition coefficient (Wildman–Crippen LogP) is 4.85. The number of rotatable bonds is 1. The minimum Gasteiger partial charge on any atom is -0.338 e. The lowest BCUT2D eigenvalue weighted by atomic mass is 10.2. The van der Waals surface area contributed by atoms with Crippen LogP contribution in [0.3, 0.4) is 0 Å². The fraction of sp³-hybridized carbons (Fsp3) is 0.0714. The van der Waals surface area contributed by atoms with Crippen molar-refractivity contribution in [2.75, 3.05) is 0 Å². The van der Waals surface area contributed by atoms with Crippen LogP contribution in [-0.4, -0.2) is 9.97 Å². The van der Waals surface area contributed by atoms with Crippen molar-refractivity contribution in [2.45, 2.75) is 6.92 Å². The molecule has 0 aliphatic rings. The van der Waals surface area contributed by atoms with Crippen molar-refractivity contribution in [1.82, 2.24) is 9.97 Å². The van der Waals surface area contributed by atoms with E-state index in [2.05, 4.69) is 9.97 Å². The van der Waals surface area contributed by atoms with Crippen molar-refractivity contribution in [2.24, 2.45) is 0 Å². The number of hydrogen-bond acceptors (Lipinski definition) is 1. The molecule has 1 N–H and O–H groups in total. The molecular weight excluding hydrogens is 267 g/mol. The summed E-state index contributed by atoms with van der Waals surface area (Å²) < 4.78 is 0. The maximum absolute atomic E-state index is 6.03. The second-order valence-electron chi connectivity index (χ2n) is 4.21. The van der Waals surface area contributed by atoms with Crippen molar-refractivity contribution in [1.29, 1.82) is 0 Å². The smallest absolute Gasteiger partial charge is 0.138 e. The van der Waals surface area contributed by atoms with Gasteiger partial charge in [0, 0.05) is 15.6 Å². The van der Waals surface area contributed by atoms with Crippen LogP contribution in [0.15, 0.2) is 36.4 Å². The minimum absolute atomic E-state index is 0.714. The molecule has 0 unspecified atom stereocenters. The predicted molar refractivity (Wildman–Crippen MR) is 76.3 cm³/mol. The molecule has 3 aromatic rings. The molecule has 18 heavy (non-hydrogen) atoms. The van der Waals surface area contributed by atoms with Crippen molar-refractivity contribution in [3.05, 3.63) is 52.0 Å². The number of imidazole rings is 1. The lowest BCUT2D eigenvalue weighted by Gasteiger charge is -1.95. The fourth-order valence-electron chi connectivity index (χ4n) is 1.99. The molecule has 1 heterocycles. The van der Waals surface area contributed by atoms with Crippen LogP contribution in [0.5, 0.6) is 0 Å². The van der Waals surface area contributed by atoms with Crippen LogP contribution < -0.4 is 0 Å². The number of H-pyrrole nitrogens is 1. The Morgan fingerprint density at radius 3 is 2.44 bits per heavy atom. The Labute approximate surface area is 115 Å². The van der Waals surface area contributed by atoms with Gasteiger partial charge in [-0.1, -0.05) is 23.2 Å². The molecule has 0 spiro atoms. The van der Waals surface area contributed by atoms with Gasteiger partial charge in [0.15, 0.2) is 0 Å². The number of fused-ring (bicyclic) bond motifs is 1. The van der Waals surface area contributed by atoms with E-state index in [1.165, 1.54) is 0 Å². The third-order valence-corrected chi connectivity index (χ3v) is 3.33. The number of aromatic amines is 1. The average molecular weight is 277 g/mol. The van der Waals surface area contributed by atoms with E-state index in [1.54, 1.807) is 0 Å². The highest BCUT2D eigenvalue weighted by Crippen LogP contribution is 2.26. The molecule has 0 aliphatic heterocycles. The van der Waals surface area contributed by atoms with Crippen LogP contribution in [0.2, 0.25) is 10.0 Å². The lowest BCUT2D eigenvalue weighted by molar-refractivity contribution is 1.33. The monoisotopic (exact) mass is 276 g/mol. The zero-order valence-electron chi connectivity index (χ0n) is 9.67. The van der Waals surface area contributed by atoms with Gasteiger partial charge in [-0.25, -0.2) is 4.98 Å². The zero-order valence-corrected chi connectivity index (χ0v) is 11.2. The highest BCUT2D eigenvalue weighted by Gasteiger charge is 2.08. The molecule has 90 valence electrons. The fourth-order valence-corrected chi connectivity index (χ4v) is 2.39. The summed E-state index contributed by atoms with van der Waals surface area (Å²) in [7, 11) is 0. The van der Waals surface area contributed by atoms with Gasteiger partial charge in [-0.15, -0.1) is 0 Å². The Morgan fingerprint density at radius 2 is 1.72 bits per heavy atom. The van der Waals surface area contributed by atoms with Gasteiger partial charge >= 0.3 is 0 Å². The Hall–Kier alpha value is -1.51. The number of nitrogens with one attached hydrogen (secondary N) is 1. The van der Waals surface area contributed by atoms with Gasteiger partial charge in [-0.3, -0.25) is 0 Å². The van der Waals surface area contributed by atoms with Crippen molar-refractivity contribution >= 4 is 34.2 Å². The second-order valence-corrected chi connectivity index (χ2v) is 5.08. The van der Waals surface area contributed by atoms with E-state index in [4.69, 9.17) is 23.2 Å². The topological polar surface area (TPSA) is 28.7 Å². The van der Waals surface area contributed by atoms with Crippen LogP contribution >= 0.6 is 23.2 Å². The van der Waals surface area contributed by atoms with Crippen molar-refractivity contribution in [3.63, 3.8) is 0 Å². The number of aromatic nitrogens is 2. The first-order chi connectivity index (χ1) is 8.63. The summed E-state index contributed by atoms with van der Waals surface area (Å²) in [6.07, 6.45) is 0. The quantitative estimate of drug-likeness (QED) is 0.677. The third-order valence-electron chi connectivity index (χ3n) is 2.86. The summed E-state index contributed by atoms with van der Waals surface area (Å²) in [5.41, 5.74) is 3.97. The molecule has 0 fully saturated rings. The van der Waals surface area contributed by atoms with E-state index < -0.39 is 0 Å². The molecule has 2 aromatic carbocycles. The number of benzene rings is 2. The van der Waals surface area contributed by atoms with Crippen LogP contribution in [0, 0.1) is 6.92 Å². The molecule has 0 aliphatic carbocycles. The molecule has 0 radical (unpaired) electrons. The zero-order chi connectivity index (χ0) is 12.7. The molecule has 4 heteroatoms. The summed E-state index contributed by atoms with van der Waals surface area (Å²) >= 11 is 11.9. The number of nitrogens with zero attached hydrogens (tertiary/aromatic N) is 1. The summed E-state index contributed by atoms with van der Waals surface area (Å²) in [6, 6.07) is 11.4. The van der Waals surface area contributed by atoms with Crippen LogP contribution in [0.4, 0.5) is 0 Å². The molecule has 2 nitrogen and oxygen atoms in total. The maximum Gasteiger partial charge on any atom is 0.138 e. The molecule has 0 atom stereocenters. The van der Waals surface area contributed by atoms with Gasteiger partial charge in [0.05, 0.1) is 11.0 Å². The van der Waals surface area contributed by atoms with E-state index in [0.717, 1.165) is 28.0 Å². The molecule has 3 rings (SSSR count). The van der Waals surface area contributed by atoms with Gasteiger partial charge < -0.3 is 4.98 Å². The first kappa shape index (κ1) is 11.6. The van der Waals surface area contributed by atoms with Crippen molar-refractivity contribution in [3.8, 4) is 11.4 Å². The summed E-state index contributed by atoms with van der Waals surface area (Å²) in [6.45, 7) is 2.00. The highest BCUT2D eigenvalue weighted by atomic mass is 35.5. The van der Waals surface area contributed by atoms with E-state index >= 15 is 0 Å². The number of hydrogen-bond donors (Lipinski definition) is 1. The first-order valence-electron chi connectivity index (χ1n) is 5.55. The standard InChI is InChI=1S/C14H10Cl2N2/c1-8-6-11(16)7-12-13(8)18-14(17-12)9-2-4-10(15)5-3-9/h2-7H,1H3,(H,17,18). The molecule has 1 aromatic heterocycles. The van der Waals surface area contributed by atoms with Crippen molar-refractivity contribution < 1.29 is 0 Å². The maximum atomic E-state index is 6.03. The van der Waals surface area contributed by atoms with Gasteiger partial charge in [0.2, 0.25) is 0 Å². The summed E-state index contributed by atoms with van der Waals surface area (Å²) in [5.74, 6) is 0.826. The minimum atomic E-state index is 0.714. The largest absolute Gasteiger partial charge is 0.338 e. The average Bonchev–Trinajstić information content (AvgIpc) is 2.74. The normalized spacial score (nSPS) is 11.1. The van der Waals surface area contributed by atoms with Gasteiger partial charge in [0.25, 0.3) is 0 Å². The lowest BCUT2D eigenvalue weighted by Crippen LogP contribution is -1.79. The van der Waals surface area contributed by atoms with Gasteiger partial charge in [-0.05, 0) is 48.9 Å². The van der Waals surface area contributed by atoms with Crippen LogP contribution in [0.1, 0.15) is 5.56 Å². The molecule has 0 amide bonds. The molecule has 0 saturated heterocycles. The van der Waals surface area contributed by atoms with E-state index in [-0.39, 0.29) is 0 Å². The van der Waals surface area contributed by atoms with E-state index in [0.29, 0.717) is 10.0 Å². The Kier molecular flexibility index (Phi) is 2.77. The molecule has 0 bridgehead atoms. The molecule has 0 saturated carbocycles.